The number of hydrogen-bond donors (Lipinski definition) is 0. The molecule has 21 heavy (non-hydrogen) atoms. The second-order valence-corrected chi connectivity index (χ2v) is 5.59. The van der Waals surface area contributed by atoms with Gasteiger partial charge in [-0.1, -0.05) is 42.0 Å². The minimum Gasteiger partial charge on any atom is -0.313 e. The number of ketones is 1. The van der Waals surface area contributed by atoms with Crippen LogP contribution >= 0.6 is 0 Å². The van der Waals surface area contributed by atoms with Gasteiger partial charge in [0.1, 0.15) is 0 Å². The molecule has 0 spiro atoms. The van der Waals surface area contributed by atoms with Crippen molar-refractivity contribution in [3.05, 3.63) is 77.0 Å². The van der Waals surface area contributed by atoms with E-state index in [1.807, 2.05) is 37.3 Å². The second-order valence-electron chi connectivity index (χ2n) is 5.59. The maximum Gasteiger partial charge on any atom is 0.195 e. The Morgan fingerprint density at radius 1 is 0.810 bits per heavy atom. The zero-order valence-electron chi connectivity index (χ0n) is 12.1. The van der Waals surface area contributed by atoms with Crippen molar-refractivity contribution < 1.29 is 4.79 Å². The summed E-state index contributed by atoms with van der Waals surface area (Å²) in [5.74, 6) is 0.134. The molecule has 0 amide bonds. The third-order valence-corrected chi connectivity index (χ3v) is 4.15. The summed E-state index contributed by atoms with van der Waals surface area (Å²) in [6.07, 6.45) is 0. The Morgan fingerprint density at radius 2 is 1.48 bits per heavy atom. The summed E-state index contributed by atoms with van der Waals surface area (Å²) >= 11 is 0. The van der Waals surface area contributed by atoms with Crippen LogP contribution < -0.4 is 0 Å². The smallest absolute Gasteiger partial charge is 0.195 e. The molecule has 0 radical (unpaired) electrons. The summed E-state index contributed by atoms with van der Waals surface area (Å²) in [7, 11) is 0. The maximum absolute atomic E-state index is 12.5. The number of benzene rings is 2. The number of carbonyl (C=O) groups is 1. The van der Waals surface area contributed by atoms with E-state index in [-0.39, 0.29) is 5.78 Å². The molecular formula is C19H15NO. The van der Waals surface area contributed by atoms with E-state index < -0.39 is 0 Å². The fourth-order valence-electron chi connectivity index (χ4n) is 3.14. The molecular weight excluding hydrogens is 258 g/mol. The largest absolute Gasteiger partial charge is 0.313 e. The lowest BCUT2D eigenvalue weighted by Crippen LogP contribution is -1.98. The van der Waals surface area contributed by atoms with E-state index in [4.69, 9.17) is 0 Å². The zero-order valence-corrected chi connectivity index (χ0v) is 12.1. The molecule has 1 aromatic heterocycles. The summed E-state index contributed by atoms with van der Waals surface area (Å²) in [6.45, 7) is 4.13. The lowest BCUT2D eigenvalue weighted by Gasteiger charge is -2.12. The van der Waals surface area contributed by atoms with E-state index >= 15 is 0 Å². The highest BCUT2D eigenvalue weighted by atomic mass is 16.1. The molecule has 0 N–H and O–H groups in total. The van der Waals surface area contributed by atoms with Gasteiger partial charge in [0.25, 0.3) is 0 Å². The lowest BCUT2D eigenvalue weighted by atomic mass is 10.1. The fourth-order valence-corrected chi connectivity index (χ4v) is 3.14. The molecule has 0 saturated heterocycles. The van der Waals surface area contributed by atoms with Crippen molar-refractivity contribution in [3.8, 4) is 16.9 Å². The molecule has 2 nitrogen and oxygen atoms in total. The summed E-state index contributed by atoms with van der Waals surface area (Å²) in [5, 5.41) is 0. The van der Waals surface area contributed by atoms with E-state index in [2.05, 4.69) is 35.8 Å². The minimum atomic E-state index is 0.134. The van der Waals surface area contributed by atoms with Crippen LogP contribution in [0.5, 0.6) is 0 Å². The van der Waals surface area contributed by atoms with E-state index in [0.717, 1.165) is 33.8 Å². The minimum absolute atomic E-state index is 0.134. The summed E-state index contributed by atoms with van der Waals surface area (Å²) < 4.78 is 2.18. The van der Waals surface area contributed by atoms with Crippen molar-refractivity contribution in [1.29, 1.82) is 0 Å². The fraction of sp³-hybridized carbons (Fsp3) is 0.105. The van der Waals surface area contributed by atoms with Gasteiger partial charge in [-0.05, 0) is 32.0 Å². The number of nitrogens with zero attached hydrogens (tertiary/aromatic N) is 1. The van der Waals surface area contributed by atoms with E-state index in [9.17, 15) is 4.79 Å². The van der Waals surface area contributed by atoms with Gasteiger partial charge in [0.05, 0.1) is 5.69 Å². The van der Waals surface area contributed by atoms with Gasteiger partial charge in [-0.25, -0.2) is 0 Å². The van der Waals surface area contributed by atoms with Crippen molar-refractivity contribution in [2.45, 2.75) is 13.8 Å². The van der Waals surface area contributed by atoms with Gasteiger partial charge in [-0.15, -0.1) is 0 Å². The first-order chi connectivity index (χ1) is 10.2. The van der Waals surface area contributed by atoms with Crippen molar-refractivity contribution in [2.24, 2.45) is 0 Å². The Kier molecular flexibility index (Phi) is 2.43. The number of aromatic nitrogens is 1. The van der Waals surface area contributed by atoms with E-state index in [1.165, 1.54) is 5.56 Å². The Balaban J connectivity index is 2.03. The van der Waals surface area contributed by atoms with Crippen LogP contribution in [0.4, 0.5) is 0 Å². The molecule has 0 atom stereocenters. The predicted octanol–water partition coefficient (Wildman–Crippen LogP) is 4.31. The zero-order chi connectivity index (χ0) is 14.6. The van der Waals surface area contributed by atoms with Gasteiger partial charge in [-0.2, -0.15) is 0 Å². The van der Waals surface area contributed by atoms with Crippen LogP contribution in [-0.2, 0) is 0 Å². The third kappa shape index (κ3) is 1.62. The Morgan fingerprint density at radius 3 is 2.19 bits per heavy atom. The van der Waals surface area contributed by atoms with E-state index in [0.29, 0.717) is 0 Å². The monoisotopic (exact) mass is 273 g/mol. The molecule has 0 unspecified atom stereocenters. The van der Waals surface area contributed by atoms with Crippen LogP contribution in [0.15, 0.2) is 54.6 Å². The Hall–Kier alpha value is -2.61. The first-order valence-electron chi connectivity index (χ1n) is 7.10. The molecule has 1 aliphatic rings. The Bertz CT molecular complexity index is 869. The molecule has 0 aliphatic heterocycles. The molecule has 102 valence electrons. The van der Waals surface area contributed by atoms with Crippen LogP contribution in [0, 0.1) is 13.8 Å². The topological polar surface area (TPSA) is 22.0 Å². The predicted molar refractivity (Wildman–Crippen MR) is 84.1 cm³/mol. The normalized spacial score (nSPS) is 12.4. The van der Waals surface area contributed by atoms with Gasteiger partial charge >= 0.3 is 0 Å². The summed E-state index contributed by atoms with van der Waals surface area (Å²) in [5.41, 5.74) is 7.10. The molecule has 2 heteroatoms. The number of carbonyl (C=O) groups excluding carboxylic acids is 1. The van der Waals surface area contributed by atoms with Gasteiger partial charge < -0.3 is 4.57 Å². The number of aryl methyl sites for hydroxylation is 2. The summed E-state index contributed by atoms with van der Waals surface area (Å²) in [6, 6.07) is 18.3. The van der Waals surface area contributed by atoms with Crippen LogP contribution in [0.1, 0.15) is 27.2 Å². The van der Waals surface area contributed by atoms with Crippen molar-refractivity contribution in [2.75, 3.05) is 0 Å². The molecule has 4 rings (SSSR count). The molecule has 0 saturated carbocycles. The maximum atomic E-state index is 12.5. The highest BCUT2D eigenvalue weighted by Gasteiger charge is 2.31. The SMILES string of the molecule is Cc1ccc(-n2c(C)cc3c2-c2ccccc2C3=O)cc1. The van der Waals surface area contributed by atoms with Crippen LogP contribution in [0.2, 0.25) is 0 Å². The quantitative estimate of drug-likeness (QED) is 0.506. The van der Waals surface area contributed by atoms with Crippen molar-refractivity contribution in [3.63, 3.8) is 0 Å². The van der Waals surface area contributed by atoms with Gasteiger partial charge in [0, 0.05) is 28.1 Å². The van der Waals surface area contributed by atoms with Gasteiger partial charge in [-0.3, -0.25) is 4.79 Å². The van der Waals surface area contributed by atoms with Gasteiger partial charge in [0.2, 0.25) is 0 Å². The average Bonchev–Trinajstić information content (AvgIpc) is 2.96. The standard InChI is InChI=1S/C19H15NO/c1-12-7-9-14(10-8-12)20-13(2)11-17-18(20)15-5-3-4-6-16(15)19(17)21/h3-11H,1-2H3. The number of hydrogen-bond acceptors (Lipinski definition) is 1. The first-order valence-corrected chi connectivity index (χ1v) is 7.10. The number of fused-ring (bicyclic) bond motifs is 3. The molecule has 1 heterocycles. The lowest BCUT2D eigenvalue weighted by molar-refractivity contribution is 0.104. The molecule has 2 aromatic carbocycles. The molecule has 0 fully saturated rings. The highest BCUT2D eigenvalue weighted by Crippen LogP contribution is 2.40. The van der Waals surface area contributed by atoms with Crippen molar-refractivity contribution in [1.82, 2.24) is 4.57 Å². The second kappa shape index (κ2) is 4.19. The Labute approximate surface area is 123 Å². The molecule has 0 bridgehead atoms. The summed E-state index contributed by atoms with van der Waals surface area (Å²) in [4.78, 5) is 12.5. The van der Waals surface area contributed by atoms with Crippen LogP contribution in [0.25, 0.3) is 16.9 Å². The molecule has 1 aliphatic carbocycles. The van der Waals surface area contributed by atoms with E-state index in [1.54, 1.807) is 0 Å². The average molecular weight is 273 g/mol. The first kappa shape index (κ1) is 12.2. The number of rotatable bonds is 1. The van der Waals surface area contributed by atoms with Gasteiger partial charge in [0.15, 0.2) is 5.78 Å². The van der Waals surface area contributed by atoms with Crippen LogP contribution in [-0.4, -0.2) is 10.4 Å². The highest BCUT2D eigenvalue weighted by molar-refractivity contribution is 6.21. The molecule has 3 aromatic rings. The third-order valence-electron chi connectivity index (χ3n) is 4.15. The van der Waals surface area contributed by atoms with Crippen LogP contribution in [0.3, 0.4) is 0 Å². The van der Waals surface area contributed by atoms with Crippen molar-refractivity contribution >= 4 is 5.78 Å².